The van der Waals surface area contributed by atoms with E-state index in [2.05, 4.69) is 44.0 Å². The Balaban J connectivity index is 2.19. The molecule has 0 aliphatic carbocycles. The second-order valence-electron chi connectivity index (χ2n) is 4.30. The Kier molecular flexibility index (Phi) is 4.57. The van der Waals surface area contributed by atoms with Crippen LogP contribution in [0.3, 0.4) is 0 Å². The predicted octanol–water partition coefficient (Wildman–Crippen LogP) is 5.58. The van der Waals surface area contributed by atoms with Crippen molar-refractivity contribution in [2.24, 2.45) is 0 Å². The second kappa shape index (κ2) is 5.98. The highest BCUT2D eigenvalue weighted by Gasteiger charge is 2.11. The summed E-state index contributed by atoms with van der Waals surface area (Å²) in [6.45, 7) is 1.94. The van der Waals surface area contributed by atoms with Crippen LogP contribution in [0.1, 0.15) is 21.5 Å². The zero-order valence-electron chi connectivity index (χ0n) is 9.96. The SMILES string of the molecule is Cc1cc(F)ccc1C(Br)Cc1cccc(Br)c1. The first-order valence-corrected chi connectivity index (χ1v) is 7.41. The molecule has 94 valence electrons. The minimum absolute atomic E-state index is 0.182. The normalized spacial score (nSPS) is 12.4. The second-order valence-corrected chi connectivity index (χ2v) is 6.32. The molecule has 2 rings (SSSR count). The molecule has 0 amide bonds. The molecule has 2 aromatic carbocycles. The van der Waals surface area contributed by atoms with Crippen LogP contribution in [-0.4, -0.2) is 0 Å². The van der Waals surface area contributed by atoms with Crippen molar-refractivity contribution in [3.05, 3.63) is 69.4 Å². The molecule has 0 aliphatic rings. The number of hydrogen-bond donors (Lipinski definition) is 0. The van der Waals surface area contributed by atoms with Gasteiger partial charge in [0, 0.05) is 9.30 Å². The fraction of sp³-hybridized carbons (Fsp3) is 0.200. The minimum atomic E-state index is -0.182. The van der Waals surface area contributed by atoms with Crippen molar-refractivity contribution >= 4 is 31.9 Å². The Labute approximate surface area is 123 Å². The van der Waals surface area contributed by atoms with E-state index in [0.29, 0.717) is 0 Å². The van der Waals surface area contributed by atoms with Gasteiger partial charge in [0.2, 0.25) is 0 Å². The molecule has 0 nitrogen and oxygen atoms in total. The van der Waals surface area contributed by atoms with Gasteiger partial charge in [-0.25, -0.2) is 4.39 Å². The highest BCUT2D eigenvalue weighted by Crippen LogP contribution is 2.30. The molecule has 0 heterocycles. The zero-order chi connectivity index (χ0) is 13.1. The van der Waals surface area contributed by atoms with Crippen molar-refractivity contribution < 1.29 is 4.39 Å². The van der Waals surface area contributed by atoms with E-state index < -0.39 is 0 Å². The molecule has 0 spiro atoms. The first-order valence-electron chi connectivity index (χ1n) is 5.71. The first kappa shape index (κ1) is 13.8. The van der Waals surface area contributed by atoms with E-state index in [1.807, 2.05) is 25.1 Å². The third-order valence-electron chi connectivity index (χ3n) is 2.87. The minimum Gasteiger partial charge on any atom is -0.207 e. The molecule has 0 fully saturated rings. The Morgan fingerprint density at radius 1 is 1.17 bits per heavy atom. The molecule has 18 heavy (non-hydrogen) atoms. The van der Waals surface area contributed by atoms with Crippen molar-refractivity contribution in [3.8, 4) is 0 Å². The first-order chi connectivity index (χ1) is 8.56. The van der Waals surface area contributed by atoms with Crippen LogP contribution >= 0.6 is 31.9 Å². The molecule has 1 unspecified atom stereocenters. The fourth-order valence-corrected chi connectivity index (χ4v) is 3.31. The van der Waals surface area contributed by atoms with Gasteiger partial charge < -0.3 is 0 Å². The van der Waals surface area contributed by atoms with E-state index in [1.54, 1.807) is 6.07 Å². The monoisotopic (exact) mass is 370 g/mol. The van der Waals surface area contributed by atoms with Gasteiger partial charge in [-0.3, -0.25) is 0 Å². The predicted molar refractivity (Wildman–Crippen MR) is 80.7 cm³/mol. The van der Waals surface area contributed by atoms with Crippen LogP contribution in [0.4, 0.5) is 4.39 Å². The number of rotatable bonds is 3. The molecular weight excluding hydrogens is 359 g/mol. The van der Waals surface area contributed by atoms with Crippen LogP contribution in [0.2, 0.25) is 0 Å². The van der Waals surface area contributed by atoms with Crippen molar-refractivity contribution in [3.63, 3.8) is 0 Å². The van der Waals surface area contributed by atoms with E-state index in [4.69, 9.17) is 0 Å². The lowest BCUT2D eigenvalue weighted by molar-refractivity contribution is 0.625. The lowest BCUT2D eigenvalue weighted by atomic mass is 10.0. The summed E-state index contributed by atoms with van der Waals surface area (Å²) < 4.78 is 14.1. The van der Waals surface area contributed by atoms with Crippen molar-refractivity contribution in [2.75, 3.05) is 0 Å². The third-order valence-corrected chi connectivity index (χ3v) is 4.18. The van der Waals surface area contributed by atoms with E-state index in [9.17, 15) is 4.39 Å². The topological polar surface area (TPSA) is 0 Å². The van der Waals surface area contributed by atoms with Crippen molar-refractivity contribution in [1.29, 1.82) is 0 Å². The van der Waals surface area contributed by atoms with Gasteiger partial charge in [0.15, 0.2) is 0 Å². The standard InChI is InChI=1S/C15H13Br2F/c1-10-7-13(18)5-6-14(10)15(17)9-11-3-2-4-12(16)8-11/h2-8,15H,9H2,1H3. The Bertz CT molecular complexity index is 552. The molecule has 0 aromatic heterocycles. The highest BCUT2D eigenvalue weighted by atomic mass is 79.9. The number of aryl methyl sites for hydroxylation is 1. The maximum Gasteiger partial charge on any atom is 0.123 e. The molecule has 1 atom stereocenters. The molecule has 0 radical (unpaired) electrons. The van der Waals surface area contributed by atoms with Gasteiger partial charge in [-0.1, -0.05) is 50.1 Å². The fourth-order valence-electron chi connectivity index (χ4n) is 1.97. The van der Waals surface area contributed by atoms with Crippen molar-refractivity contribution in [2.45, 2.75) is 18.2 Å². The molecule has 0 saturated heterocycles. The lowest BCUT2D eigenvalue weighted by Crippen LogP contribution is -1.98. The third kappa shape index (κ3) is 3.42. The summed E-state index contributed by atoms with van der Waals surface area (Å²) in [5, 5.41) is 0. The molecule has 0 aliphatic heterocycles. The molecule has 0 saturated carbocycles. The molecule has 0 bridgehead atoms. The maximum atomic E-state index is 13.1. The van der Waals surface area contributed by atoms with E-state index >= 15 is 0 Å². The highest BCUT2D eigenvalue weighted by molar-refractivity contribution is 9.10. The largest absolute Gasteiger partial charge is 0.207 e. The summed E-state index contributed by atoms with van der Waals surface area (Å²) in [7, 11) is 0. The van der Waals surface area contributed by atoms with Gasteiger partial charge in [0.25, 0.3) is 0 Å². The van der Waals surface area contributed by atoms with Gasteiger partial charge >= 0.3 is 0 Å². The molecular formula is C15H13Br2F. The van der Waals surface area contributed by atoms with Crippen LogP contribution in [0.15, 0.2) is 46.9 Å². The number of alkyl halides is 1. The van der Waals surface area contributed by atoms with Gasteiger partial charge in [-0.15, -0.1) is 0 Å². The van der Waals surface area contributed by atoms with Gasteiger partial charge in [-0.2, -0.15) is 0 Å². The lowest BCUT2D eigenvalue weighted by Gasteiger charge is -2.13. The van der Waals surface area contributed by atoms with Crippen LogP contribution in [0, 0.1) is 12.7 Å². The average molecular weight is 372 g/mol. The zero-order valence-corrected chi connectivity index (χ0v) is 13.1. The summed E-state index contributed by atoms with van der Waals surface area (Å²) in [6.07, 6.45) is 0.881. The quantitative estimate of drug-likeness (QED) is 0.618. The van der Waals surface area contributed by atoms with Crippen molar-refractivity contribution in [1.82, 2.24) is 0 Å². The molecule has 2 aromatic rings. The van der Waals surface area contributed by atoms with Crippen LogP contribution in [-0.2, 0) is 6.42 Å². The van der Waals surface area contributed by atoms with Crippen LogP contribution in [0.5, 0.6) is 0 Å². The van der Waals surface area contributed by atoms with E-state index in [0.717, 1.165) is 22.0 Å². The number of hydrogen-bond acceptors (Lipinski definition) is 0. The van der Waals surface area contributed by atoms with E-state index in [-0.39, 0.29) is 10.6 Å². The molecule has 0 N–H and O–H groups in total. The summed E-state index contributed by atoms with van der Waals surface area (Å²) in [5.74, 6) is -0.182. The summed E-state index contributed by atoms with van der Waals surface area (Å²) in [5.41, 5.74) is 3.36. The van der Waals surface area contributed by atoms with Crippen LogP contribution in [0.25, 0.3) is 0 Å². The van der Waals surface area contributed by atoms with Gasteiger partial charge in [0.05, 0.1) is 0 Å². The maximum absolute atomic E-state index is 13.1. The van der Waals surface area contributed by atoms with Gasteiger partial charge in [-0.05, 0) is 54.3 Å². The molecule has 3 heteroatoms. The number of benzene rings is 2. The number of halogens is 3. The van der Waals surface area contributed by atoms with Gasteiger partial charge in [0.1, 0.15) is 5.82 Å². The summed E-state index contributed by atoms with van der Waals surface area (Å²) in [4.78, 5) is 0.201. The Hall–Kier alpha value is -0.670. The summed E-state index contributed by atoms with van der Waals surface area (Å²) >= 11 is 7.15. The van der Waals surface area contributed by atoms with E-state index in [1.165, 1.54) is 11.6 Å². The Morgan fingerprint density at radius 3 is 2.61 bits per heavy atom. The average Bonchev–Trinajstić information content (AvgIpc) is 2.28. The smallest absolute Gasteiger partial charge is 0.123 e. The summed E-state index contributed by atoms with van der Waals surface area (Å²) in [6, 6.07) is 13.2. The Morgan fingerprint density at radius 2 is 1.94 bits per heavy atom. The van der Waals surface area contributed by atoms with Crippen LogP contribution < -0.4 is 0 Å².